The Morgan fingerprint density at radius 2 is 0.714 bits per heavy atom. The highest BCUT2D eigenvalue weighted by molar-refractivity contribution is 4.49. The predicted octanol–water partition coefficient (Wildman–Crippen LogP) is 7.10. The van der Waals surface area contributed by atoms with E-state index in [0.29, 0.717) is 32.2 Å². The second-order valence-electron chi connectivity index (χ2n) is 9.11. The molecule has 0 spiro atoms. The quantitative estimate of drug-likeness (QED) is 0.241. The van der Waals surface area contributed by atoms with Crippen LogP contribution in [0.1, 0.15) is 102 Å². The van der Waals surface area contributed by atoms with Crippen LogP contribution in [0.5, 0.6) is 0 Å². The zero-order valence-electron chi connectivity index (χ0n) is 21.3. The van der Waals surface area contributed by atoms with Gasteiger partial charge in [0, 0.05) is 0 Å². The van der Waals surface area contributed by atoms with Crippen LogP contribution in [0.4, 0.5) is 0 Å². The molecule has 4 heteroatoms. The van der Waals surface area contributed by atoms with Gasteiger partial charge in [0.2, 0.25) is 0 Å². The fourth-order valence-electron chi connectivity index (χ4n) is 1.81. The maximum absolute atomic E-state index is 5.27. The number of hydrogen-bond donors (Lipinski definition) is 0. The van der Waals surface area contributed by atoms with Crippen molar-refractivity contribution in [3.05, 3.63) is 0 Å². The highest BCUT2D eigenvalue weighted by Crippen LogP contribution is 2.10. The zero-order chi connectivity index (χ0) is 22.5. The lowest BCUT2D eigenvalue weighted by Crippen LogP contribution is -2.12. The molecule has 4 nitrogen and oxygen atoms in total. The molecule has 0 bridgehead atoms. The fraction of sp³-hybridized carbons (Fsp3) is 1.00. The molecule has 0 radical (unpaired) electrons. The van der Waals surface area contributed by atoms with Crippen molar-refractivity contribution in [2.75, 3.05) is 20.0 Å². The minimum Gasteiger partial charge on any atom is -0.376 e. The van der Waals surface area contributed by atoms with E-state index in [1.165, 1.54) is 19.3 Å². The smallest absolute Gasteiger partial charge is 0.147 e. The third-order valence-corrected chi connectivity index (χ3v) is 3.35. The van der Waals surface area contributed by atoms with Gasteiger partial charge in [0.05, 0.1) is 37.6 Å². The molecule has 0 unspecified atom stereocenters. The van der Waals surface area contributed by atoms with E-state index in [9.17, 15) is 0 Å². The van der Waals surface area contributed by atoms with Crippen molar-refractivity contribution in [3.63, 3.8) is 0 Å². The standard InChI is InChI=1S/C9H20.C8H18O2.C7H16O2/c1-8(2)6-5-7-9(3)4;1-7(2)9-5-6-10-8(3)4;1-6(2)8-5-9-7(3)4/h8-9H,5-7H2,1-4H3;7-8H,5-6H2,1-4H3;6-7H,5H2,1-4H3. The van der Waals surface area contributed by atoms with Gasteiger partial charge in [-0.15, -0.1) is 0 Å². The molecule has 174 valence electrons. The molecule has 0 saturated heterocycles. The van der Waals surface area contributed by atoms with Gasteiger partial charge in [0.1, 0.15) is 6.79 Å². The highest BCUT2D eigenvalue weighted by atomic mass is 16.7. The molecule has 0 aliphatic carbocycles. The average Bonchev–Trinajstić information content (AvgIpc) is 2.51. The minimum atomic E-state index is 0.267. The molecule has 0 fully saturated rings. The van der Waals surface area contributed by atoms with Crippen LogP contribution in [-0.4, -0.2) is 44.4 Å². The molecule has 0 amide bonds. The predicted molar refractivity (Wildman–Crippen MR) is 123 cm³/mol. The van der Waals surface area contributed by atoms with Gasteiger partial charge in [0.25, 0.3) is 0 Å². The van der Waals surface area contributed by atoms with Crippen LogP contribution in [0.2, 0.25) is 0 Å². The Labute approximate surface area is 178 Å². The van der Waals surface area contributed by atoms with Crippen molar-refractivity contribution in [3.8, 4) is 0 Å². The lowest BCUT2D eigenvalue weighted by molar-refractivity contribution is -0.0994. The lowest BCUT2D eigenvalue weighted by Gasteiger charge is -2.09. The van der Waals surface area contributed by atoms with E-state index < -0.39 is 0 Å². The Hall–Kier alpha value is -0.160. The molecule has 0 rings (SSSR count). The monoisotopic (exact) mass is 406 g/mol. The molecule has 0 aliphatic heterocycles. The van der Waals surface area contributed by atoms with E-state index in [1.807, 2.05) is 55.4 Å². The molecule has 0 aliphatic rings. The van der Waals surface area contributed by atoms with Gasteiger partial charge < -0.3 is 18.9 Å². The van der Waals surface area contributed by atoms with Crippen molar-refractivity contribution < 1.29 is 18.9 Å². The summed E-state index contributed by atoms with van der Waals surface area (Å²) in [5, 5.41) is 0. The lowest BCUT2D eigenvalue weighted by atomic mass is 10.0. The second-order valence-corrected chi connectivity index (χ2v) is 9.11. The molecule has 0 atom stereocenters. The van der Waals surface area contributed by atoms with Crippen LogP contribution < -0.4 is 0 Å². The molecule has 0 saturated carbocycles. The average molecular weight is 407 g/mol. The van der Waals surface area contributed by atoms with E-state index in [1.54, 1.807) is 0 Å². The second kappa shape index (κ2) is 23.1. The first-order valence-corrected chi connectivity index (χ1v) is 11.3. The SMILES string of the molecule is CC(C)CCCC(C)C.CC(C)OCCOC(C)C.CC(C)OCOC(C)C. The van der Waals surface area contributed by atoms with E-state index in [-0.39, 0.29) is 12.2 Å². The number of rotatable bonds is 13. The number of hydrogen-bond acceptors (Lipinski definition) is 4. The Morgan fingerprint density at radius 1 is 0.429 bits per heavy atom. The summed E-state index contributed by atoms with van der Waals surface area (Å²) in [7, 11) is 0. The van der Waals surface area contributed by atoms with Crippen LogP contribution in [0.25, 0.3) is 0 Å². The van der Waals surface area contributed by atoms with Crippen LogP contribution in [0, 0.1) is 11.8 Å². The first-order chi connectivity index (χ1) is 12.9. The molecule has 0 N–H and O–H groups in total. The van der Waals surface area contributed by atoms with Gasteiger partial charge in [-0.3, -0.25) is 0 Å². The Bertz CT molecular complexity index is 230. The zero-order valence-corrected chi connectivity index (χ0v) is 21.3. The number of ether oxygens (including phenoxy) is 4. The van der Waals surface area contributed by atoms with Gasteiger partial charge >= 0.3 is 0 Å². The Morgan fingerprint density at radius 3 is 0.929 bits per heavy atom. The van der Waals surface area contributed by atoms with E-state index in [4.69, 9.17) is 18.9 Å². The van der Waals surface area contributed by atoms with Crippen LogP contribution in [0.15, 0.2) is 0 Å². The molecular formula is C24H54O4. The summed E-state index contributed by atoms with van der Waals surface area (Å²) in [6.07, 6.45) is 5.38. The van der Waals surface area contributed by atoms with Crippen LogP contribution >= 0.6 is 0 Å². The summed E-state index contributed by atoms with van der Waals surface area (Å²) >= 11 is 0. The van der Waals surface area contributed by atoms with Crippen molar-refractivity contribution in [2.24, 2.45) is 11.8 Å². The molecular weight excluding hydrogens is 352 g/mol. The minimum absolute atomic E-state index is 0.267. The Balaban J connectivity index is -0.000000336. The largest absolute Gasteiger partial charge is 0.376 e. The van der Waals surface area contributed by atoms with Gasteiger partial charge in [-0.2, -0.15) is 0 Å². The first-order valence-electron chi connectivity index (χ1n) is 11.3. The Kier molecular flexibility index (Phi) is 26.8. The molecule has 0 aromatic heterocycles. The topological polar surface area (TPSA) is 36.9 Å². The third kappa shape index (κ3) is 44.9. The maximum atomic E-state index is 5.27. The van der Waals surface area contributed by atoms with E-state index in [2.05, 4.69) is 27.7 Å². The van der Waals surface area contributed by atoms with E-state index in [0.717, 1.165) is 11.8 Å². The summed E-state index contributed by atoms with van der Waals surface area (Å²) in [4.78, 5) is 0. The molecule has 28 heavy (non-hydrogen) atoms. The van der Waals surface area contributed by atoms with Gasteiger partial charge in [-0.05, 0) is 67.2 Å². The molecule has 0 aromatic rings. The molecule has 0 aromatic carbocycles. The highest BCUT2D eigenvalue weighted by Gasteiger charge is 1.96. The van der Waals surface area contributed by atoms with Crippen molar-refractivity contribution in [1.29, 1.82) is 0 Å². The van der Waals surface area contributed by atoms with Gasteiger partial charge in [0.15, 0.2) is 0 Å². The summed E-state index contributed by atoms with van der Waals surface area (Å²) in [6.45, 7) is 27.0. The van der Waals surface area contributed by atoms with Crippen molar-refractivity contribution >= 4 is 0 Å². The van der Waals surface area contributed by atoms with E-state index >= 15 is 0 Å². The van der Waals surface area contributed by atoms with Crippen molar-refractivity contribution in [1.82, 2.24) is 0 Å². The summed E-state index contributed by atoms with van der Waals surface area (Å²) in [6, 6.07) is 0. The normalized spacial score (nSPS) is 11.4. The summed E-state index contributed by atoms with van der Waals surface area (Å²) in [5.74, 6) is 1.78. The third-order valence-electron chi connectivity index (χ3n) is 3.35. The van der Waals surface area contributed by atoms with Crippen LogP contribution in [0.3, 0.4) is 0 Å². The first kappa shape index (κ1) is 32.5. The van der Waals surface area contributed by atoms with Crippen molar-refractivity contribution in [2.45, 2.75) is 127 Å². The summed E-state index contributed by atoms with van der Waals surface area (Å²) < 4.78 is 20.8. The van der Waals surface area contributed by atoms with Crippen LogP contribution in [-0.2, 0) is 18.9 Å². The fourth-order valence-corrected chi connectivity index (χ4v) is 1.81. The van der Waals surface area contributed by atoms with Gasteiger partial charge in [-0.25, -0.2) is 0 Å². The summed E-state index contributed by atoms with van der Waals surface area (Å²) in [5.41, 5.74) is 0. The maximum Gasteiger partial charge on any atom is 0.147 e. The van der Waals surface area contributed by atoms with Gasteiger partial charge in [-0.1, -0.05) is 47.0 Å². The molecule has 0 heterocycles.